The topological polar surface area (TPSA) is 69.1 Å². The van der Waals surface area contributed by atoms with Crippen LogP contribution in [0.25, 0.3) is 0 Å². The van der Waals surface area contributed by atoms with Crippen molar-refractivity contribution in [3.63, 3.8) is 0 Å². The van der Waals surface area contributed by atoms with E-state index in [0.29, 0.717) is 12.8 Å². The lowest BCUT2D eigenvalue weighted by Crippen LogP contribution is -2.24. The van der Waals surface area contributed by atoms with E-state index in [1.165, 1.54) is 0 Å². The molecule has 48 valence electrons. The van der Waals surface area contributed by atoms with Gasteiger partial charge in [0.1, 0.15) is 0 Å². The lowest BCUT2D eigenvalue weighted by atomic mass is 9.97. The van der Waals surface area contributed by atoms with Crippen molar-refractivity contribution in [3.8, 4) is 0 Å². The van der Waals surface area contributed by atoms with Gasteiger partial charge in [-0.05, 0) is 0 Å². The lowest BCUT2D eigenvalue weighted by Gasteiger charge is -2.03. The molecule has 0 saturated heterocycles. The molecule has 1 aliphatic rings. The molecule has 1 aliphatic carbocycles. The Morgan fingerprint density at radius 1 is 1.00 bits per heavy atom. The van der Waals surface area contributed by atoms with Gasteiger partial charge >= 0.3 is 0 Å². The Morgan fingerprint density at radius 3 is 1.25 bits per heavy atom. The SMILES string of the molecule is Cl.N.O=C1CCC1=O. The Kier molecular flexibility index (Phi) is 4.71. The summed E-state index contributed by atoms with van der Waals surface area (Å²) in [6.45, 7) is 0. The normalized spacial score (nSPS) is 15.5. The third-order valence-electron chi connectivity index (χ3n) is 0.890. The molecule has 0 aromatic heterocycles. The van der Waals surface area contributed by atoms with Gasteiger partial charge in [0.15, 0.2) is 11.6 Å². The Balaban J connectivity index is 0. The number of hydrogen-bond donors (Lipinski definition) is 1. The minimum atomic E-state index is -0.199. The van der Waals surface area contributed by atoms with E-state index in [1.54, 1.807) is 0 Å². The van der Waals surface area contributed by atoms with E-state index in [1.807, 2.05) is 0 Å². The van der Waals surface area contributed by atoms with Crippen molar-refractivity contribution < 1.29 is 9.59 Å². The molecule has 3 nitrogen and oxygen atoms in total. The molecular formula is C4H8ClNO2. The zero-order valence-electron chi connectivity index (χ0n) is 4.35. The van der Waals surface area contributed by atoms with Gasteiger partial charge < -0.3 is 6.15 Å². The number of hydrogen-bond acceptors (Lipinski definition) is 3. The average molecular weight is 138 g/mol. The van der Waals surface area contributed by atoms with Crippen molar-refractivity contribution in [2.24, 2.45) is 0 Å². The first-order chi connectivity index (χ1) is 2.80. The van der Waals surface area contributed by atoms with Gasteiger partial charge in [-0.3, -0.25) is 9.59 Å². The van der Waals surface area contributed by atoms with Gasteiger partial charge in [0.05, 0.1) is 0 Å². The van der Waals surface area contributed by atoms with Crippen LogP contribution in [-0.2, 0) is 9.59 Å². The zero-order chi connectivity index (χ0) is 4.57. The molecule has 4 heteroatoms. The van der Waals surface area contributed by atoms with Gasteiger partial charge in [0.2, 0.25) is 0 Å². The molecule has 0 aliphatic heterocycles. The molecule has 1 fully saturated rings. The van der Waals surface area contributed by atoms with E-state index in [2.05, 4.69) is 0 Å². The second-order valence-corrected chi connectivity index (χ2v) is 1.35. The first-order valence-electron chi connectivity index (χ1n) is 1.87. The maximum absolute atomic E-state index is 9.88. The molecule has 0 aromatic rings. The van der Waals surface area contributed by atoms with Crippen LogP contribution in [0.4, 0.5) is 0 Å². The predicted octanol–water partition coefficient (Wildman–Crippen LogP) is 0.502. The summed E-state index contributed by atoms with van der Waals surface area (Å²) < 4.78 is 0. The molecule has 0 amide bonds. The predicted molar refractivity (Wildman–Crippen MR) is 31.5 cm³/mol. The number of carbonyl (C=O) groups is 2. The smallest absolute Gasteiger partial charge is 0.198 e. The summed E-state index contributed by atoms with van der Waals surface area (Å²) in [5, 5.41) is 0. The maximum atomic E-state index is 9.88. The van der Waals surface area contributed by atoms with Crippen LogP contribution in [-0.4, -0.2) is 11.6 Å². The fourth-order valence-electron chi connectivity index (χ4n) is 0.329. The van der Waals surface area contributed by atoms with Crippen molar-refractivity contribution in [3.05, 3.63) is 0 Å². The van der Waals surface area contributed by atoms with Crippen LogP contribution in [0.1, 0.15) is 12.8 Å². The minimum Gasteiger partial charge on any atom is -0.344 e. The molecule has 0 aromatic carbocycles. The summed E-state index contributed by atoms with van der Waals surface area (Å²) in [6, 6.07) is 0. The molecule has 1 saturated carbocycles. The zero-order valence-corrected chi connectivity index (χ0v) is 5.16. The monoisotopic (exact) mass is 137 g/mol. The molecule has 8 heavy (non-hydrogen) atoms. The molecule has 1 rings (SSSR count). The highest BCUT2D eigenvalue weighted by Gasteiger charge is 2.23. The molecule has 0 bridgehead atoms. The molecular weight excluding hydrogens is 130 g/mol. The second-order valence-electron chi connectivity index (χ2n) is 1.35. The lowest BCUT2D eigenvalue weighted by molar-refractivity contribution is -0.142. The average Bonchev–Trinajstić information content (AvgIpc) is 1.61. The molecule has 0 spiro atoms. The van der Waals surface area contributed by atoms with Crippen molar-refractivity contribution in [2.45, 2.75) is 12.8 Å². The molecule has 0 radical (unpaired) electrons. The number of rotatable bonds is 0. The van der Waals surface area contributed by atoms with Crippen LogP contribution < -0.4 is 6.15 Å². The summed E-state index contributed by atoms with van der Waals surface area (Å²) >= 11 is 0. The van der Waals surface area contributed by atoms with E-state index in [9.17, 15) is 9.59 Å². The Labute approximate surface area is 53.4 Å². The highest BCUT2D eigenvalue weighted by molar-refractivity contribution is 6.43. The van der Waals surface area contributed by atoms with Gasteiger partial charge in [-0.2, -0.15) is 0 Å². The summed E-state index contributed by atoms with van der Waals surface area (Å²) in [4.78, 5) is 19.8. The Hall–Kier alpha value is -0.410. The van der Waals surface area contributed by atoms with Gasteiger partial charge in [0, 0.05) is 12.8 Å². The first kappa shape index (κ1) is 10.5. The quantitative estimate of drug-likeness (QED) is 0.495. The largest absolute Gasteiger partial charge is 0.344 e. The molecule has 0 atom stereocenters. The first-order valence-corrected chi connectivity index (χ1v) is 1.87. The van der Waals surface area contributed by atoms with E-state index in [0.717, 1.165) is 0 Å². The van der Waals surface area contributed by atoms with Crippen LogP contribution >= 0.6 is 12.4 Å². The third kappa shape index (κ3) is 1.60. The van der Waals surface area contributed by atoms with Gasteiger partial charge in [-0.25, -0.2) is 0 Å². The number of halogens is 1. The Bertz CT molecular complexity index is 98.6. The number of ketones is 2. The van der Waals surface area contributed by atoms with Crippen LogP contribution in [0.15, 0.2) is 0 Å². The van der Waals surface area contributed by atoms with Crippen LogP contribution in [0.2, 0.25) is 0 Å². The van der Waals surface area contributed by atoms with E-state index in [4.69, 9.17) is 0 Å². The fourth-order valence-corrected chi connectivity index (χ4v) is 0.329. The van der Waals surface area contributed by atoms with E-state index in [-0.39, 0.29) is 30.1 Å². The van der Waals surface area contributed by atoms with E-state index >= 15 is 0 Å². The van der Waals surface area contributed by atoms with E-state index < -0.39 is 0 Å². The molecule has 3 N–H and O–H groups in total. The van der Waals surface area contributed by atoms with Crippen molar-refractivity contribution in [1.82, 2.24) is 6.15 Å². The highest BCUT2D eigenvalue weighted by Crippen LogP contribution is 2.05. The fraction of sp³-hybridized carbons (Fsp3) is 0.500. The molecule has 0 heterocycles. The van der Waals surface area contributed by atoms with Crippen LogP contribution in [0, 0.1) is 0 Å². The standard InChI is InChI=1S/C4H4O2.ClH.H3N/c5-3-1-2-4(3)6;;/h1-2H2;1H;1H3. The summed E-state index contributed by atoms with van der Waals surface area (Å²) in [7, 11) is 0. The third-order valence-corrected chi connectivity index (χ3v) is 0.890. The molecule has 0 unspecified atom stereocenters. The second kappa shape index (κ2) is 3.57. The summed E-state index contributed by atoms with van der Waals surface area (Å²) in [5.41, 5.74) is 0. The summed E-state index contributed by atoms with van der Waals surface area (Å²) in [6.07, 6.45) is 0.970. The van der Waals surface area contributed by atoms with Gasteiger partial charge in [0.25, 0.3) is 0 Å². The van der Waals surface area contributed by atoms with Crippen LogP contribution in [0.3, 0.4) is 0 Å². The number of carbonyl (C=O) groups excluding carboxylic acids is 2. The van der Waals surface area contributed by atoms with Crippen LogP contribution in [0.5, 0.6) is 0 Å². The number of Topliss-reactive ketones (excluding diaryl/α,β-unsaturated/α-hetero) is 2. The Morgan fingerprint density at radius 2 is 1.25 bits per heavy atom. The van der Waals surface area contributed by atoms with Crippen molar-refractivity contribution in [1.29, 1.82) is 0 Å². The van der Waals surface area contributed by atoms with Crippen molar-refractivity contribution in [2.75, 3.05) is 0 Å². The minimum absolute atomic E-state index is 0. The maximum Gasteiger partial charge on any atom is 0.198 e. The van der Waals surface area contributed by atoms with Gasteiger partial charge in [-0.15, -0.1) is 12.4 Å². The summed E-state index contributed by atoms with van der Waals surface area (Å²) in [5.74, 6) is -0.398. The van der Waals surface area contributed by atoms with Crippen molar-refractivity contribution >= 4 is 24.0 Å². The highest BCUT2D eigenvalue weighted by atomic mass is 35.5. The van der Waals surface area contributed by atoms with Gasteiger partial charge in [-0.1, -0.05) is 0 Å².